The minimum absolute atomic E-state index is 0.193. The number of nitrogens with zero attached hydrogens (tertiary/aromatic N) is 2. The predicted molar refractivity (Wildman–Crippen MR) is 91.9 cm³/mol. The summed E-state index contributed by atoms with van der Waals surface area (Å²) < 4.78 is 5.40. The molecule has 1 aromatic heterocycles. The molecule has 4 nitrogen and oxygen atoms in total. The average molecular weight is 322 g/mol. The molecule has 124 valence electrons. The van der Waals surface area contributed by atoms with Crippen LogP contribution in [0.4, 0.5) is 0 Å². The van der Waals surface area contributed by atoms with E-state index < -0.39 is 0 Å². The molecule has 3 atom stereocenters. The van der Waals surface area contributed by atoms with Gasteiger partial charge in [0.25, 0.3) is 0 Å². The Hall–Kier alpha value is -2.36. The molecule has 0 aliphatic heterocycles. The predicted octanol–water partition coefficient (Wildman–Crippen LogP) is 3.90. The Balaban J connectivity index is 1.36. The summed E-state index contributed by atoms with van der Waals surface area (Å²) in [5.74, 6) is 2.75. The first-order valence-corrected chi connectivity index (χ1v) is 8.62. The fraction of sp³-hybridized carbons (Fsp3) is 0.400. The second-order valence-electron chi connectivity index (χ2n) is 7.04. The summed E-state index contributed by atoms with van der Waals surface area (Å²) >= 11 is 0. The van der Waals surface area contributed by atoms with Crippen molar-refractivity contribution in [3.05, 3.63) is 54.3 Å². The van der Waals surface area contributed by atoms with Gasteiger partial charge in [-0.05, 0) is 30.6 Å². The molecule has 2 aromatic rings. The summed E-state index contributed by atoms with van der Waals surface area (Å²) in [6, 6.07) is 11.8. The molecule has 4 rings (SSSR count). The highest BCUT2D eigenvalue weighted by atomic mass is 16.5. The van der Waals surface area contributed by atoms with Crippen LogP contribution in [0.5, 0.6) is 0 Å². The van der Waals surface area contributed by atoms with Crippen molar-refractivity contribution < 1.29 is 9.32 Å². The number of carbonyl (C=O) groups is 1. The summed E-state index contributed by atoms with van der Waals surface area (Å²) in [6.45, 7) is 0.468. The number of hydrogen-bond acceptors (Lipinski definition) is 3. The van der Waals surface area contributed by atoms with Crippen molar-refractivity contribution in [2.75, 3.05) is 7.05 Å². The molecule has 24 heavy (non-hydrogen) atoms. The van der Waals surface area contributed by atoms with E-state index in [4.69, 9.17) is 4.52 Å². The number of carbonyl (C=O) groups excluding carboxylic acids is 1. The number of benzene rings is 1. The maximum atomic E-state index is 12.5. The number of hydrogen-bond donors (Lipinski definition) is 0. The fourth-order valence-corrected chi connectivity index (χ4v) is 3.96. The molecule has 2 aliphatic carbocycles. The van der Waals surface area contributed by atoms with Gasteiger partial charge in [-0.3, -0.25) is 4.79 Å². The van der Waals surface area contributed by atoms with E-state index >= 15 is 0 Å². The lowest BCUT2D eigenvalue weighted by Gasteiger charge is -2.21. The van der Waals surface area contributed by atoms with Gasteiger partial charge in [-0.25, -0.2) is 0 Å². The van der Waals surface area contributed by atoms with E-state index in [1.807, 2.05) is 43.4 Å². The van der Waals surface area contributed by atoms with E-state index in [0.717, 1.165) is 17.0 Å². The first-order chi connectivity index (χ1) is 11.7. The lowest BCUT2D eigenvalue weighted by atomic mass is 9.90. The van der Waals surface area contributed by atoms with Crippen molar-refractivity contribution in [3.63, 3.8) is 0 Å². The second-order valence-corrected chi connectivity index (χ2v) is 7.04. The summed E-state index contributed by atoms with van der Waals surface area (Å²) in [7, 11) is 1.84. The van der Waals surface area contributed by atoms with Gasteiger partial charge in [0.05, 0.1) is 6.54 Å². The van der Waals surface area contributed by atoms with Crippen molar-refractivity contribution in [1.29, 1.82) is 0 Å². The van der Waals surface area contributed by atoms with Gasteiger partial charge in [0.2, 0.25) is 5.91 Å². The van der Waals surface area contributed by atoms with Gasteiger partial charge in [0.1, 0.15) is 5.69 Å². The number of rotatable bonds is 5. The Morgan fingerprint density at radius 2 is 2.08 bits per heavy atom. The zero-order chi connectivity index (χ0) is 16.5. The highest BCUT2D eigenvalue weighted by Crippen LogP contribution is 2.45. The van der Waals surface area contributed by atoms with E-state index in [0.29, 0.717) is 30.7 Å². The van der Waals surface area contributed by atoms with Gasteiger partial charge < -0.3 is 9.42 Å². The Kier molecular flexibility index (Phi) is 3.97. The molecule has 2 bridgehead atoms. The second kappa shape index (κ2) is 6.27. The molecule has 0 N–H and O–H groups in total. The van der Waals surface area contributed by atoms with Gasteiger partial charge in [-0.1, -0.05) is 47.6 Å². The Morgan fingerprint density at radius 1 is 1.25 bits per heavy atom. The molecule has 1 aromatic carbocycles. The van der Waals surface area contributed by atoms with E-state index in [9.17, 15) is 4.79 Å². The van der Waals surface area contributed by atoms with Gasteiger partial charge in [-0.2, -0.15) is 0 Å². The monoisotopic (exact) mass is 322 g/mol. The van der Waals surface area contributed by atoms with Crippen LogP contribution in [0.15, 0.2) is 53.1 Å². The summed E-state index contributed by atoms with van der Waals surface area (Å²) in [4.78, 5) is 14.3. The van der Waals surface area contributed by atoms with Gasteiger partial charge in [0.15, 0.2) is 5.76 Å². The molecule has 1 fully saturated rings. The minimum atomic E-state index is 0.193. The van der Waals surface area contributed by atoms with Gasteiger partial charge >= 0.3 is 0 Å². The van der Waals surface area contributed by atoms with Crippen molar-refractivity contribution in [2.45, 2.75) is 25.8 Å². The molecule has 1 amide bonds. The molecule has 0 unspecified atom stereocenters. The average Bonchev–Trinajstić information content (AvgIpc) is 3.32. The Morgan fingerprint density at radius 3 is 2.79 bits per heavy atom. The van der Waals surface area contributed by atoms with Crippen molar-refractivity contribution in [1.82, 2.24) is 10.1 Å². The standard InChI is InChI=1S/C20H22N2O2/c1-22(20(23)11-17-10-14-7-8-16(17)9-14)13-18-12-19(21-24-18)15-5-3-2-4-6-15/h2-8,12,14,16-17H,9-11,13H2,1H3/t14-,16+,17+/m1/s1. The van der Waals surface area contributed by atoms with Gasteiger partial charge in [0, 0.05) is 25.1 Å². The molecule has 1 saturated carbocycles. The zero-order valence-electron chi connectivity index (χ0n) is 13.9. The van der Waals surface area contributed by atoms with Crippen LogP contribution < -0.4 is 0 Å². The van der Waals surface area contributed by atoms with E-state index in [1.54, 1.807) is 4.90 Å². The molecular formula is C20H22N2O2. The molecule has 0 spiro atoms. The lowest BCUT2D eigenvalue weighted by Crippen LogP contribution is -2.28. The molecule has 4 heteroatoms. The third-order valence-electron chi connectivity index (χ3n) is 5.30. The largest absolute Gasteiger partial charge is 0.359 e. The Labute approximate surface area is 142 Å². The smallest absolute Gasteiger partial charge is 0.223 e. The Bertz CT molecular complexity index is 750. The first-order valence-electron chi connectivity index (χ1n) is 8.62. The number of aromatic nitrogens is 1. The maximum Gasteiger partial charge on any atom is 0.223 e. The normalized spacial score (nSPS) is 24.5. The molecule has 2 aliphatic rings. The highest BCUT2D eigenvalue weighted by molar-refractivity contribution is 5.76. The van der Waals surface area contributed by atoms with Crippen LogP contribution in [-0.4, -0.2) is 23.0 Å². The first kappa shape index (κ1) is 15.2. The van der Waals surface area contributed by atoms with E-state index in [2.05, 4.69) is 17.3 Å². The van der Waals surface area contributed by atoms with Crippen LogP contribution >= 0.6 is 0 Å². The van der Waals surface area contributed by atoms with Crippen LogP contribution in [0.3, 0.4) is 0 Å². The van der Waals surface area contributed by atoms with Gasteiger partial charge in [-0.15, -0.1) is 0 Å². The quantitative estimate of drug-likeness (QED) is 0.784. The maximum absolute atomic E-state index is 12.5. The van der Waals surface area contributed by atoms with E-state index in [-0.39, 0.29) is 5.91 Å². The van der Waals surface area contributed by atoms with Crippen molar-refractivity contribution >= 4 is 5.91 Å². The number of allylic oxidation sites excluding steroid dienone is 2. The summed E-state index contributed by atoms with van der Waals surface area (Å²) in [5, 5.41) is 4.11. The van der Waals surface area contributed by atoms with Crippen LogP contribution in [0.1, 0.15) is 25.0 Å². The van der Waals surface area contributed by atoms with Crippen molar-refractivity contribution in [2.24, 2.45) is 17.8 Å². The van der Waals surface area contributed by atoms with Crippen LogP contribution in [0.25, 0.3) is 11.3 Å². The summed E-state index contributed by atoms with van der Waals surface area (Å²) in [5.41, 5.74) is 1.83. The molecular weight excluding hydrogens is 300 g/mol. The van der Waals surface area contributed by atoms with Crippen LogP contribution in [0, 0.1) is 17.8 Å². The lowest BCUT2D eigenvalue weighted by molar-refractivity contribution is -0.131. The third kappa shape index (κ3) is 3.01. The number of fused-ring (bicyclic) bond motifs is 2. The molecule has 0 radical (unpaired) electrons. The number of amides is 1. The van der Waals surface area contributed by atoms with Crippen molar-refractivity contribution in [3.8, 4) is 11.3 Å². The zero-order valence-corrected chi connectivity index (χ0v) is 13.9. The fourth-order valence-electron chi connectivity index (χ4n) is 3.96. The van der Waals surface area contributed by atoms with Crippen LogP contribution in [0.2, 0.25) is 0 Å². The molecule has 0 saturated heterocycles. The SMILES string of the molecule is CN(Cc1cc(-c2ccccc2)no1)C(=O)C[C@@H]1C[C@@H]2C=C[C@H]1C2. The van der Waals surface area contributed by atoms with E-state index in [1.165, 1.54) is 12.8 Å². The van der Waals surface area contributed by atoms with Crippen LogP contribution in [-0.2, 0) is 11.3 Å². The minimum Gasteiger partial charge on any atom is -0.359 e. The third-order valence-corrected chi connectivity index (χ3v) is 5.30. The topological polar surface area (TPSA) is 46.3 Å². The highest BCUT2D eigenvalue weighted by Gasteiger charge is 2.36. The summed E-state index contributed by atoms with van der Waals surface area (Å²) in [6.07, 6.45) is 7.66. The molecule has 1 heterocycles.